The second-order valence-electron chi connectivity index (χ2n) is 2.26. The van der Waals surface area contributed by atoms with Gasteiger partial charge in [-0.1, -0.05) is 18.7 Å². The normalized spacial score (nSPS) is 16.9. The maximum Gasteiger partial charge on any atom is 0.0362 e. The van der Waals surface area contributed by atoms with Crippen LogP contribution in [0.4, 0.5) is 0 Å². The number of hydrogen-bond acceptors (Lipinski definition) is 1. The zero-order valence-corrected chi connectivity index (χ0v) is 6.38. The van der Waals surface area contributed by atoms with Crippen molar-refractivity contribution in [2.75, 3.05) is 13.1 Å². The van der Waals surface area contributed by atoms with Gasteiger partial charge in [-0.3, -0.25) is 0 Å². The van der Waals surface area contributed by atoms with E-state index in [4.69, 9.17) is 0 Å². The van der Waals surface area contributed by atoms with Gasteiger partial charge in [0.05, 0.1) is 0 Å². The fourth-order valence-corrected chi connectivity index (χ4v) is 1.07. The minimum Gasteiger partial charge on any atom is -0.368 e. The number of allylic oxidation sites excluding steroid dienone is 3. The molecule has 0 aromatic heterocycles. The summed E-state index contributed by atoms with van der Waals surface area (Å²) >= 11 is 0. The van der Waals surface area contributed by atoms with Crippen LogP contribution in [-0.4, -0.2) is 18.0 Å². The number of rotatable bonds is 2. The molecule has 1 heterocycles. The summed E-state index contributed by atoms with van der Waals surface area (Å²) in [5.41, 5.74) is 1.23. The third-order valence-corrected chi connectivity index (χ3v) is 1.68. The fraction of sp³-hybridized carbons (Fsp3) is 0.333. The van der Waals surface area contributed by atoms with Gasteiger partial charge in [0.2, 0.25) is 0 Å². The Morgan fingerprint density at radius 2 is 2.60 bits per heavy atom. The van der Waals surface area contributed by atoms with Crippen LogP contribution in [0.15, 0.2) is 36.6 Å². The van der Waals surface area contributed by atoms with E-state index in [0.717, 1.165) is 13.1 Å². The predicted molar refractivity (Wildman–Crippen MR) is 44.7 cm³/mol. The second-order valence-corrected chi connectivity index (χ2v) is 2.26. The van der Waals surface area contributed by atoms with Crippen molar-refractivity contribution in [2.24, 2.45) is 0 Å². The summed E-state index contributed by atoms with van der Waals surface area (Å²) in [6, 6.07) is 0. The average Bonchev–Trinajstić information content (AvgIpc) is 2.04. The van der Waals surface area contributed by atoms with Crippen molar-refractivity contribution in [3.63, 3.8) is 0 Å². The highest BCUT2D eigenvalue weighted by Gasteiger charge is 2.02. The summed E-state index contributed by atoms with van der Waals surface area (Å²) in [7, 11) is 0. The highest BCUT2D eigenvalue weighted by molar-refractivity contribution is 5.25. The predicted octanol–water partition coefficient (Wildman–Crippen LogP) is 1.95. The summed E-state index contributed by atoms with van der Waals surface area (Å²) < 4.78 is 0. The average molecular weight is 135 g/mol. The van der Waals surface area contributed by atoms with Gasteiger partial charge >= 0.3 is 0 Å². The van der Waals surface area contributed by atoms with E-state index in [0.29, 0.717) is 0 Å². The standard InChI is InChI=1S/C9H13N/c1-3-9-7-5-6-8-10(9)4-2/h3,5-7H,1,4,8H2,2H3. The lowest BCUT2D eigenvalue weighted by atomic mass is 10.2. The molecule has 0 aliphatic carbocycles. The van der Waals surface area contributed by atoms with Crippen LogP contribution in [0.25, 0.3) is 0 Å². The van der Waals surface area contributed by atoms with Crippen LogP contribution in [-0.2, 0) is 0 Å². The van der Waals surface area contributed by atoms with Crippen LogP contribution in [0.3, 0.4) is 0 Å². The van der Waals surface area contributed by atoms with Crippen molar-refractivity contribution < 1.29 is 0 Å². The topological polar surface area (TPSA) is 3.24 Å². The first-order valence-electron chi connectivity index (χ1n) is 3.62. The summed E-state index contributed by atoms with van der Waals surface area (Å²) in [5, 5.41) is 0. The van der Waals surface area contributed by atoms with Gasteiger partial charge in [0.25, 0.3) is 0 Å². The lowest BCUT2D eigenvalue weighted by Gasteiger charge is -2.24. The smallest absolute Gasteiger partial charge is 0.0362 e. The van der Waals surface area contributed by atoms with E-state index in [-0.39, 0.29) is 0 Å². The first kappa shape index (κ1) is 7.13. The van der Waals surface area contributed by atoms with Gasteiger partial charge in [0.1, 0.15) is 0 Å². The second kappa shape index (κ2) is 3.25. The third kappa shape index (κ3) is 1.29. The molecule has 0 aromatic rings. The van der Waals surface area contributed by atoms with Gasteiger partial charge in [0.15, 0.2) is 0 Å². The molecule has 10 heavy (non-hydrogen) atoms. The lowest BCUT2D eigenvalue weighted by Crippen LogP contribution is -2.23. The Morgan fingerprint density at radius 1 is 1.80 bits per heavy atom. The van der Waals surface area contributed by atoms with Crippen molar-refractivity contribution in [3.8, 4) is 0 Å². The molecule has 0 spiro atoms. The Hall–Kier alpha value is -0.980. The molecule has 1 aliphatic heterocycles. The number of likely N-dealkylation sites (N-methyl/N-ethyl adjacent to an activating group) is 1. The molecule has 1 rings (SSSR count). The minimum atomic E-state index is 1.02. The van der Waals surface area contributed by atoms with Crippen molar-refractivity contribution in [1.82, 2.24) is 4.90 Å². The number of nitrogens with zero attached hydrogens (tertiary/aromatic N) is 1. The summed E-state index contributed by atoms with van der Waals surface area (Å²) in [6.45, 7) is 7.97. The van der Waals surface area contributed by atoms with Gasteiger partial charge in [-0.05, 0) is 19.1 Å². The molecule has 0 amide bonds. The largest absolute Gasteiger partial charge is 0.368 e. The lowest BCUT2D eigenvalue weighted by molar-refractivity contribution is 0.410. The van der Waals surface area contributed by atoms with E-state index in [9.17, 15) is 0 Å². The van der Waals surface area contributed by atoms with Crippen LogP contribution < -0.4 is 0 Å². The molecule has 0 saturated heterocycles. The van der Waals surface area contributed by atoms with Crippen molar-refractivity contribution in [1.29, 1.82) is 0 Å². The van der Waals surface area contributed by atoms with Gasteiger partial charge in [-0.25, -0.2) is 0 Å². The van der Waals surface area contributed by atoms with Gasteiger partial charge in [0, 0.05) is 18.8 Å². The summed E-state index contributed by atoms with van der Waals surface area (Å²) in [6.07, 6.45) is 8.20. The van der Waals surface area contributed by atoms with E-state index in [1.165, 1.54) is 5.70 Å². The van der Waals surface area contributed by atoms with Crippen LogP contribution in [0, 0.1) is 0 Å². The molecule has 1 heteroatoms. The molecule has 0 saturated carbocycles. The Kier molecular flexibility index (Phi) is 2.32. The van der Waals surface area contributed by atoms with Crippen LogP contribution in [0.2, 0.25) is 0 Å². The SMILES string of the molecule is C=CC1=CC=CCN1CC. The molecule has 1 aliphatic rings. The molecular weight excluding hydrogens is 122 g/mol. The molecule has 0 atom stereocenters. The van der Waals surface area contributed by atoms with Crippen LogP contribution in [0.1, 0.15) is 6.92 Å². The zero-order chi connectivity index (χ0) is 7.40. The maximum absolute atomic E-state index is 3.74. The molecule has 0 unspecified atom stereocenters. The third-order valence-electron chi connectivity index (χ3n) is 1.68. The Morgan fingerprint density at radius 3 is 3.10 bits per heavy atom. The molecule has 54 valence electrons. The highest BCUT2D eigenvalue weighted by atomic mass is 15.1. The quantitative estimate of drug-likeness (QED) is 0.559. The Labute approximate surface area is 62.3 Å². The molecular formula is C9H13N. The molecule has 0 radical (unpaired) electrons. The molecule has 0 aromatic carbocycles. The van der Waals surface area contributed by atoms with Crippen LogP contribution >= 0.6 is 0 Å². The van der Waals surface area contributed by atoms with E-state index in [1.807, 2.05) is 6.08 Å². The van der Waals surface area contributed by atoms with E-state index in [2.05, 4.69) is 36.6 Å². The first-order chi connectivity index (χ1) is 4.88. The van der Waals surface area contributed by atoms with Gasteiger partial charge in [-0.2, -0.15) is 0 Å². The van der Waals surface area contributed by atoms with Gasteiger partial charge < -0.3 is 4.90 Å². The molecule has 0 N–H and O–H groups in total. The summed E-state index contributed by atoms with van der Waals surface area (Å²) in [5.74, 6) is 0. The highest BCUT2D eigenvalue weighted by Crippen LogP contribution is 2.09. The van der Waals surface area contributed by atoms with E-state index >= 15 is 0 Å². The molecule has 1 nitrogen and oxygen atoms in total. The number of hydrogen-bond donors (Lipinski definition) is 0. The first-order valence-corrected chi connectivity index (χ1v) is 3.62. The van der Waals surface area contributed by atoms with Crippen molar-refractivity contribution in [2.45, 2.75) is 6.92 Å². The summed E-state index contributed by atoms with van der Waals surface area (Å²) in [4.78, 5) is 2.27. The minimum absolute atomic E-state index is 1.02. The van der Waals surface area contributed by atoms with E-state index in [1.54, 1.807) is 0 Å². The fourth-order valence-electron chi connectivity index (χ4n) is 1.07. The van der Waals surface area contributed by atoms with Crippen LogP contribution in [0.5, 0.6) is 0 Å². The van der Waals surface area contributed by atoms with E-state index < -0.39 is 0 Å². The Balaban J connectivity index is 2.70. The van der Waals surface area contributed by atoms with Crippen molar-refractivity contribution in [3.05, 3.63) is 36.6 Å². The monoisotopic (exact) mass is 135 g/mol. The maximum atomic E-state index is 3.74. The van der Waals surface area contributed by atoms with Gasteiger partial charge in [-0.15, -0.1) is 0 Å². The zero-order valence-electron chi connectivity index (χ0n) is 6.38. The Bertz CT molecular complexity index is 177. The van der Waals surface area contributed by atoms with Crippen molar-refractivity contribution >= 4 is 0 Å². The molecule has 0 bridgehead atoms. The molecule has 0 fully saturated rings.